The van der Waals surface area contributed by atoms with E-state index in [1.165, 1.54) is 0 Å². The van der Waals surface area contributed by atoms with Crippen LogP contribution in [0, 0.1) is 0 Å². The first-order valence-corrected chi connectivity index (χ1v) is 5.82. The Morgan fingerprint density at radius 3 is 1.68 bits per heavy atom. The molecule has 0 aromatic heterocycles. The molecule has 0 unspecified atom stereocenters. The van der Waals surface area contributed by atoms with Gasteiger partial charge < -0.3 is 10.2 Å². The van der Waals surface area contributed by atoms with Crippen LogP contribution in [-0.2, 0) is 19.2 Å². The third-order valence-electron chi connectivity index (χ3n) is 2.46. The first-order valence-electron chi connectivity index (χ1n) is 5.41. The van der Waals surface area contributed by atoms with Gasteiger partial charge >= 0.3 is 11.9 Å². The van der Waals surface area contributed by atoms with Gasteiger partial charge in [0.25, 0.3) is 0 Å². The van der Waals surface area contributed by atoms with Crippen LogP contribution in [0.4, 0.5) is 0 Å². The van der Waals surface area contributed by atoms with Gasteiger partial charge in [0.2, 0.25) is 11.8 Å². The van der Waals surface area contributed by atoms with Crippen LogP contribution in [0.2, 0.25) is 0 Å². The highest BCUT2D eigenvalue weighted by Crippen LogP contribution is 2.13. The van der Waals surface area contributed by atoms with E-state index in [1.54, 1.807) is 0 Å². The molecular formula is C10H12N2O6S. The third-order valence-corrected chi connectivity index (χ3v) is 2.91. The van der Waals surface area contributed by atoms with Crippen molar-refractivity contribution in [3.05, 3.63) is 0 Å². The van der Waals surface area contributed by atoms with Crippen molar-refractivity contribution in [3.8, 4) is 0 Å². The first kappa shape index (κ1) is 15.0. The molecule has 0 radical (unpaired) electrons. The molecule has 104 valence electrons. The zero-order chi connectivity index (χ0) is 14.6. The monoisotopic (exact) mass is 288 g/mol. The zero-order valence-corrected chi connectivity index (χ0v) is 10.7. The molecule has 0 atom stereocenters. The van der Waals surface area contributed by atoms with Gasteiger partial charge in [0.1, 0.15) is 6.42 Å². The minimum absolute atomic E-state index is 0.135. The first-order chi connectivity index (χ1) is 8.82. The summed E-state index contributed by atoms with van der Waals surface area (Å²) in [4.78, 5) is 46.2. The molecule has 0 saturated carbocycles. The number of nitrogens with zero attached hydrogens (tertiary/aromatic N) is 2. The average Bonchev–Trinajstić information content (AvgIpc) is 2.27. The number of amides is 2. The lowest BCUT2D eigenvalue weighted by Crippen LogP contribution is -2.55. The van der Waals surface area contributed by atoms with Gasteiger partial charge in [0, 0.05) is 13.1 Å². The molecule has 1 heterocycles. The molecule has 19 heavy (non-hydrogen) atoms. The fraction of sp³-hybridized carbons (Fsp3) is 0.500. The molecule has 1 fully saturated rings. The summed E-state index contributed by atoms with van der Waals surface area (Å²) in [5.74, 6) is -3.32. The minimum atomic E-state index is -1.09. The number of carbonyl (C=O) groups is 4. The SMILES string of the molecule is O=C(O)CCN1C(=O)CC(=O)N(CCC(=O)O)C1=S. The second-order valence-corrected chi connectivity index (χ2v) is 4.20. The van der Waals surface area contributed by atoms with E-state index in [0.29, 0.717) is 0 Å². The maximum absolute atomic E-state index is 11.6. The molecule has 0 aromatic carbocycles. The maximum Gasteiger partial charge on any atom is 0.305 e. The highest BCUT2D eigenvalue weighted by atomic mass is 32.1. The highest BCUT2D eigenvalue weighted by Gasteiger charge is 2.34. The van der Waals surface area contributed by atoms with Crippen LogP contribution in [0.1, 0.15) is 19.3 Å². The lowest BCUT2D eigenvalue weighted by molar-refractivity contribution is -0.141. The minimum Gasteiger partial charge on any atom is -0.481 e. The molecule has 1 saturated heterocycles. The van der Waals surface area contributed by atoms with E-state index < -0.39 is 30.2 Å². The summed E-state index contributed by atoms with van der Waals surface area (Å²) in [6.45, 7) is -0.270. The molecule has 0 aliphatic carbocycles. The predicted octanol–water partition coefficient (Wildman–Crippen LogP) is -0.718. The van der Waals surface area contributed by atoms with Crippen LogP contribution in [0.3, 0.4) is 0 Å². The van der Waals surface area contributed by atoms with Gasteiger partial charge in [-0.25, -0.2) is 0 Å². The smallest absolute Gasteiger partial charge is 0.305 e. The van der Waals surface area contributed by atoms with Crippen LogP contribution >= 0.6 is 12.2 Å². The molecule has 9 heteroatoms. The molecular weight excluding hydrogens is 276 g/mol. The normalized spacial score (nSPS) is 15.9. The Balaban J connectivity index is 2.74. The molecule has 1 aliphatic heterocycles. The van der Waals surface area contributed by atoms with Gasteiger partial charge in [0.15, 0.2) is 5.11 Å². The Labute approximate surface area is 113 Å². The molecule has 1 rings (SSSR count). The zero-order valence-electron chi connectivity index (χ0n) is 9.87. The Morgan fingerprint density at radius 1 is 1.00 bits per heavy atom. The summed E-state index contributed by atoms with van der Waals surface area (Å²) >= 11 is 4.93. The number of hydrogen-bond acceptors (Lipinski definition) is 5. The van der Waals surface area contributed by atoms with Crippen molar-refractivity contribution >= 4 is 41.1 Å². The van der Waals surface area contributed by atoms with Crippen molar-refractivity contribution < 1.29 is 29.4 Å². The van der Waals surface area contributed by atoms with Gasteiger partial charge in [0.05, 0.1) is 12.8 Å². The number of carboxylic acids is 2. The van der Waals surface area contributed by atoms with E-state index in [2.05, 4.69) is 0 Å². The fourth-order valence-electron chi connectivity index (χ4n) is 1.53. The molecule has 0 aromatic rings. The van der Waals surface area contributed by atoms with Crippen molar-refractivity contribution in [2.45, 2.75) is 19.3 Å². The summed E-state index contributed by atoms with van der Waals surface area (Å²) in [5.41, 5.74) is 0. The van der Waals surface area contributed by atoms with Crippen molar-refractivity contribution in [3.63, 3.8) is 0 Å². The summed E-state index contributed by atoms with van der Waals surface area (Å²) < 4.78 is 0. The third kappa shape index (κ3) is 3.98. The van der Waals surface area contributed by atoms with Gasteiger partial charge in [-0.05, 0) is 12.2 Å². The number of aliphatic carboxylic acids is 2. The van der Waals surface area contributed by atoms with Gasteiger partial charge in [-0.3, -0.25) is 29.0 Å². The maximum atomic E-state index is 11.6. The van der Waals surface area contributed by atoms with Crippen LogP contribution in [0.25, 0.3) is 0 Å². The fourth-order valence-corrected chi connectivity index (χ4v) is 1.92. The number of rotatable bonds is 6. The number of hydrogen-bond donors (Lipinski definition) is 2. The van der Waals surface area contributed by atoms with Crippen LogP contribution < -0.4 is 0 Å². The lowest BCUT2D eigenvalue weighted by atomic mass is 10.2. The Kier molecular flexibility index (Phi) is 4.93. The topological polar surface area (TPSA) is 115 Å². The largest absolute Gasteiger partial charge is 0.481 e. The lowest BCUT2D eigenvalue weighted by Gasteiger charge is -2.35. The van der Waals surface area contributed by atoms with E-state index in [0.717, 1.165) is 9.80 Å². The number of carbonyl (C=O) groups excluding carboxylic acids is 2. The van der Waals surface area contributed by atoms with Crippen LogP contribution in [0.15, 0.2) is 0 Å². The molecule has 2 N–H and O–H groups in total. The van der Waals surface area contributed by atoms with Gasteiger partial charge in [-0.2, -0.15) is 0 Å². The molecule has 0 bridgehead atoms. The van der Waals surface area contributed by atoms with E-state index in [1.807, 2.05) is 0 Å². The molecule has 1 aliphatic rings. The number of carboxylic acid groups (broad SMARTS) is 2. The average molecular weight is 288 g/mol. The Bertz CT molecular complexity index is 411. The van der Waals surface area contributed by atoms with Crippen molar-refractivity contribution in [1.82, 2.24) is 9.80 Å². The van der Waals surface area contributed by atoms with Crippen molar-refractivity contribution in [2.24, 2.45) is 0 Å². The van der Waals surface area contributed by atoms with E-state index >= 15 is 0 Å². The summed E-state index contributed by atoms with van der Waals surface area (Å²) in [6, 6.07) is 0. The molecule has 8 nitrogen and oxygen atoms in total. The van der Waals surface area contributed by atoms with Crippen LogP contribution in [0.5, 0.6) is 0 Å². The summed E-state index contributed by atoms with van der Waals surface area (Å²) in [5, 5.41) is 17.0. The van der Waals surface area contributed by atoms with Crippen LogP contribution in [-0.4, -0.2) is 62.0 Å². The van der Waals surface area contributed by atoms with E-state index in [9.17, 15) is 19.2 Å². The van der Waals surface area contributed by atoms with E-state index in [4.69, 9.17) is 22.4 Å². The van der Waals surface area contributed by atoms with Gasteiger partial charge in [-0.1, -0.05) is 0 Å². The second-order valence-electron chi connectivity index (χ2n) is 3.84. The highest BCUT2D eigenvalue weighted by molar-refractivity contribution is 7.80. The van der Waals surface area contributed by atoms with Gasteiger partial charge in [-0.15, -0.1) is 0 Å². The predicted molar refractivity (Wildman–Crippen MR) is 65.1 cm³/mol. The Morgan fingerprint density at radius 2 is 1.37 bits per heavy atom. The second kappa shape index (κ2) is 6.23. The number of thiocarbonyl (C=S) groups is 1. The quantitative estimate of drug-likeness (QED) is 0.489. The summed E-state index contributed by atoms with van der Waals surface area (Å²) in [7, 11) is 0. The Hall–Kier alpha value is -2.03. The summed E-state index contributed by atoms with van der Waals surface area (Å²) in [6.07, 6.45) is -1.03. The molecule has 0 spiro atoms. The van der Waals surface area contributed by atoms with E-state index in [-0.39, 0.29) is 31.0 Å². The standard InChI is InChI=1S/C10H12N2O6S/c13-6-5-7(14)12(4-2-9(17)18)10(19)11(6)3-1-8(15)16/h1-5H2,(H,15,16)(H,17,18). The van der Waals surface area contributed by atoms with Crippen molar-refractivity contribution in [1.29, 1.82) is 0 Å². The molecule has 2 amide bonds. The van der Waals surface area contributed by atoms with Crippen molar-refractivity contribution in [2.75, 3.05) is 13.1 Å².